The SMILES string of the molecule is CCOC(=O)C(=C/C(=O)c1ccccc1)/C(C)=N/NC(N)=O. The van der Waals surface area contributed by atoms with Crippen molar-refractivity contribution in [1.82, 2.24) is 5.43 Å². The van der Waals surface area contributed by atoms with Crippen molar-refractivity contribution < 1.29 is 19.1 Å². The summed E-state index contributed by atoms with van der Waals surface area (Å²) in [4.78, 5) is 34.8. The molecular formula is C15H17N3O4. The van der Waals surface area contributed by atoms with Crippen LogP contribution in [0.5, 0.6) is 0 Å². The van der Waals surface area contributed by atoms with E-state index in [2.05, 4.69) is 5.10 Å². The summed E-state index contributed by atoms with van der Waals surface area (Å²) in [5, 5.41) is 3.64. The molecule has 0 heterocycles. The molecule has 1 aromatic rings. The first-order chi connectivity index (χ1) is 10.5. The minimum absolute atomic E-state index is 0.0514. The third-order valence-corrected chi connectivity index (χ3v) is 2.55. The summed E-state index contributed by atoms with van der Waals surface area (Å²) in [5.41, 5.74) is 7.39. The molecule has 2 amide bonds. The molecule has 0 fully saturated rings. The fourth-order valence-corrected chi connectivity index (χ4v) is 1.54. The first-order valence-corrected chi connectivity index (χ1v) is 6.54. The first-order valence-electron chi connectivity index (χ1n) is 6.54. The van der Waals surface area contributed by atoms with Crippen molar-refractivity contribution in [1.29, 1.82) is 0 Å². The van der Waals surface area contributed by atoms with Crippen LogP contribution in [0.25, 0.3) is 0 Å². The van der Waals surface area contributed by atoms with Gasteiger partial charge in [-0.3, -0.25) is 4.79 Å². The highest BCUT2D eigenvalue weighted by Crippen LogP contribution is 2.07. The monoisotopic (exact) mass is 303 g/mol. The molecule has 0 aliphatic carbocycles. The van der Waals surface area contributed by atoms with Gasteiger partial charge in [-0.05, 0) is 13.8 Å². The van der Waals surface area contributed by atoms with Crippen molar-refractivity contribution in [2.24, 2.45) is 10.8 Å². The summed E-state index contributed by atoms with van der Waals surface area (Å²) < 4.78 is 4.88. The molecule has 0 spiro atoms. The third-order valence-electron chi connectivity index (χ3n) is 2.55. The summed E-state index contributed by atoms with van der Waals surface area (Å²) in [6.07, 6.45) is 1.12. The highest BCUT2D eigenvalue weighted by molar-refractivity contribution is 6.23. The number of allylic oxidation sites excluding steroid dienone is 1. The van der Waals surface area contributed by atoms with Gasteiger partial charge in [-0.2, -0.15) is 5.10 Å². The molecule has 7 nitrogen and oxygen atoms in total. The van der Waals surface area contributed by atoms with E-state index >= 15 is 0 Å². The van der Waals surface area contributed by atoms with Gasteiger partial charge >= 0.3 is 12.0 Å². The molecule has 22 heavy (non-hydrogen) atoms. The molecule has 0 aliphatic heterocycles. The standard InChI is InChI=1S/C15H17N3O4/c1-3-22-14(20)12(10(2)17-18-15(16)21)9-13(19)11-7-5-4-6-8-11/h4-9H,3H2,1-2H3,(H3,16,18,21)/b12-9+,17-10+. The van der Waals surface area contributed by atoms with Gasteiger partial charge in [-0.25, -0.2) is 15.0 Å². The van der Waals surface area contributed by atoms with Gasteiger partial charge in [0.15, 0.2) is 5.78 Å². The minimum Gasteiger partial charge on any atom is -0.462 e. The van der Waals surface area contributed by atoms with Crippen LogP contribution in [0.1, 0.15) is 24.2 Å². The Labute approximate surface area is 127 Å². The average molecular weight is 303 g/mol. The number of ketones is 1. The summed E-state index contributed by atoms with van der Waals surface area (Å²) in [6, 6.07) is 7.56. The number of ether oxygens (including phenoxy) is 1. The maximum absolute atomic E-state index is 12.2. The van der Waals surface area contributed by atoms with Gasteiger partial charge in [-0.15, -0.1) is 0 Å². The lowest BCUT2D eigenvalue weighted by molar-refractivity contribution is -0.137. The molecule has 116 valence electrons. The molecule has 0 atom stereocenters. The van der Waals surface area contributed by atoms with Crippen molar-refractivity contribution >= 4 is 23.5 Å². The van der Waals surface area contributed by atoms with Gasteiger partial charge in [0.1, 0.15) is 0 Å². The van der Waals surface area contributed by atoms with E-state index in [4.69, 9.17) is 10.5 Å². The Morgan fingerprint density at radius 2 is 1.91 bits per heavy atom. The number of nitrogens with two attached hydrogens (primary N) is 1. The van der Waals surface area contributed by atoms with Gasteiger partial charge in [0.25, 0.3) is 0 Å². The number of rotatable bonds is 6. The number of amides is 2. The molecule has 7 heteroatoms. The van der Waals surface area contributed by atoms with Crippen LogP contribution >= 0.6 is 0 Å². The lowest BCUT2D eigenvalue weighted by Crippen LogP contribution is -2.27. The van der Waals surface area contributed by atoms with Crippen LogP contribution in [0.4, 0.5) is 4.79 Å². The van der Waals surface area contributed by atoms with Gasteiger partial charge in [0.2, 0.25) is 0 Å². The predicted molar refractivity (Wildman–Crippen MR) is 81.3 cm³/mol. The largest absolute Gasteiger partial charge is 0.462 e. The minimum atomic E-state index is -0.878. The second-order valence-electron chi connectivity index (χ2n) is 4.18. The van der Waals surface area contributed by atoms with Crippen LogP contribution in [0.2, 0.25) is 0 Å². The Bertz CT molecular complexity index is 621. The summed E-state index contributed by atoms with van der Waals surface area (Å²) in [6.45, 7) is 3.24. The average Bonchev–Trinajstić information content (AvgIpc) is 2.51. The number of urea groups is 1. The Kier molecular flexibility index (Phi) is 6.49. The predicted octanol–water partition coefficient (Wildman–Crippen LogP) is 1.40. The number of carbonyl (C=O) groups is 3. The maximum atomic E-state index is 12.2. The molecule has 0 saturated heterocycles. The maximum Gasteiger partial charge on any atom is 0.340 e. The topological polar surface area (TPSA) is 111 Å². The van der Waals surface area contributed by atoms with Crippen LogP contribution in [0.3, 0.4) is 0 Å². The number of hydrazone groups is 1. The molecule has 3 N–H and O–H groups in total. The highest BCUT2D eigenvalue weighted by atomic mass is 16.5. The summed E-state index contributed by atoms with van der Waals surface area (Å²) in [5.74, 6) is -1.09. The highest BCUT2D eigenvalue weighted by Gasteiger charge is 2.17. The first kappa shape index (κ1) is 17.1. The lowest BCUT2D eigenvalue weighted by atomic mass is 10.1. The van der Waals surface area contributed by atoms with Crippen molar-refractivity contribution in [3.8, 4) is 0 Å². The van der Waals surface area contributed by atoms with Crippen molar-refractivity contribution in [3.63, 3.8) is 0 Å². The van der Waals surface area contributed by atoms with Crippen LogP contribution in [-0.2, 0) is 9.53 Å². The van der Waals surface area contributed by atoms with Crippen LogP contribution < -0.4 is 11.2 Å². The van der Waals surface area contributed by atoms with E-state index in [1.165, 1.54) is 6.92 Å². The van der Waals surface area contributed by atoms with Gasteiger partial charge < -0.3 is 10.5 Å². The zero-order valence-corrected chi connectivity index (χ0v) is 12.3. The second-order valence-corrected chi connectivity index (χ2v) is 4.18. The smallest absolute Gasteiger partial charge is 0.340 e. The summed E-state index contributed by atoms with van der Waals surface area (Å²) >= 11 is 0. The molecule has 0 radical (unpaired) electrons. The number of nitrogens with one attached hydrogen (secondary N) is 1. The Morgan fingerprint density at radius 3 is 2.45 bits per heavy atom. The van der Waals surface area contributed by atoms with Gasteiger partial charge in [-0.1, -0.05) is 30.3 Å². The molecule has 0 aliphatic rings. The molecule has 0 saturated carbocycles. The number of hydrogen-bond acceptors (Lipinski definition) is 5. The van der Waals surface area contributed by atoms with E-state index in [1.54, 1.807) is 37.3 Å². The lowest BCUT2D eigenvalue weighted by Gasteiger charge is -2.06. The van der Waals surface area contributed by atoms with Crippen molar-refractivity contribution in [2.45, 2.75) is 13.8 Å². The van der Waals surface area contributed by atoms with Crippen molar-refractivity contribution in [3.05, 3.63) is 47.5 Å². The number of nitrogens with zero attached hydrogens (tertiary/aromatic N) is 1. The Hall–Kier alpha value is -2.96. The second kappa shape index (κ2) is 8.35. The van der Waals surface area contributed by atoms with E-state index in [0.717, 1.165) is 6.08 Å². The number of esters is 1. The van der Waals surface area contributed by atoms with E-state index in [1.807, 2.05) is 5.43 Å². The third kappa shape index (κ3) is 5.20. The molecule has 1 aromatic carbocycles. The van der Waals surface area contributed by atoms with Gasteiger partial charge in [0, 0.05) is 11.6 Å². The van der Waals surface area contributed by atoms with E-state index in [-0.39, 0.29) is 23.7 Å². The number of primary amides is 1. The molecule has 0 aromatic heterocycles. The molecule has 0 bridgehead atoms. The molecular weight excluding hydrogens is 286 g/mol. The fraction of sp³-hybridized carbons (Fsp3) is 0.200. The zero-order chi connectivity index (χ0) is 16.5. The van der Waals surface area contributed by atoms with Gasteiger partial charge in [0.05, 0.1) is 17.9 Å². The van der Waals surface area contributed by atoms with Crippen LogP contribution in [-0.4, -0.2) is 30.1 Å². The Balaban J connectivity index is 3.11. The molecule has 0 unspecified atom stereocenters. The zero-order valence-electron chi connectivity index (χ0n) is 12.3. The van der Waals surface area contributed by atoms with E-state index in [0.29, 0.717) is 5.56 Å². The van der Waals surface area contributed by atoms with Crippen LogP contribution in [0.15, 0.2) is 47.1 Å². The Morgan fingerprint density at radius 1 is 1.27 bits per heavy atom. The van der Waals surface area contributed by atoms with Crippen molar-refractivity contribution in [2.75, 3.05) is 6.61 Å². The number of benzene rings is 1. The molecule has 1 rings (SSSR count). The normalized spacial score (nSPS) is 11.7. The van der Waals surface area contributed by atoms with E-state index < -0.39 is 12.0 Å². The summed E-state index contributed by atoms with van der Waals surface area (Å²) in [7, 11) is 0. The number of hydrogen-bond donors (Lipinski definition) is 2. The number of carbonyl (C=O) groups excluding carboxylic acids is 3. The quantitative estimate of drug-likeness (QED) is 0.272. The fourth-order valence-electron chi connectivity index (χ4n) is 1.54. The van der Waals surface area contributed by atoms with Crippen LogP contribution in [0, 0.1) is 0 Å². The van der Waals surface area contributed by atoms with E-state index in [9.17, 15) is 14.4 Å².